The van der Waals surface area contributed by atoms with Gasteiger partial charge in [0.05, 0.1) is 11.8 Å². The van der Waals surface area contributed by atoms with Crippen LogP contribution in [-0.4, -0.2) is 17.3 Å². The van der Waals surface area contributed by atoms with E-state index < -0.39 is 0 Å². The molecule has 1 atom stereocenters. The number of aryl methyl sites for hydroxylation is 2. The molecule has 0 aromatic heterocycles. The number of thioether (sulfide) groups is 1. The van der Waals surface area contributed by atoms with Crippen molar-refractivity contribution >= 4 is 17.7 Å². The summed E-state index contributed by atoms with van der Waals surface area (Å²) in [6.45, 7) is 8.29. The number of nitrogens with one attached hydrogen (secondary N) is 1. The Hall–Kier alpha value is -1.94. The number of carbonyl (C=O) groups is 1. The number of fused-ring (bicyclic) bond motifs is 1. The Labute approximate surface area is 160 Å². The zero-order valence-corrected chi connectivity index (χ0v) is 16.8. The molecule has 1 amide bonds. The van der Waals surface area contributed by atoms with E-state index in [0.29, 0.717) is 5.75 Å². The van der Waals surface area contributed by atoms with Gasteiger partial charge in [-0.15, -0.1) is 11.8 Å². The van der Waals surface area contributed by atoms with Crippen molar-refractivity contribution in [1.82, 2.24) is 5.32 Å². The summed E-state index contributed by atoms with van der Waals surface area (Å²) in [5.74, 6) is 2.28. The van der Waals surface area contributed by atoms with Gasteiger partial charge in [0.2, 0.25) is 5.91 Å². The van der Waals surface area contributed by atoms with Crippen molar-refractivity contribution in [3.05, 3.63) is 64.7 Å². The van der Waals surface area contributed by atoms with E-state index in [1.165, 1.54) is 16.7 Å². The summed E-state index contributed by atoms with van der Waals surface area (Å²) in [6, 6.07) is 14.6. The predicted octanol–water partition coefficient (Wildman–Crippen LogP) is 4.96. The highest BCUT2D eigenvalue weighted by molar-refractivity contribution is 7.99. The third-order valence-corrected chi connectivity index (χ3v) is 5.55. The van der Waals surface area contributed by atoms with Crippen LogP contribution in [0.25, 0.3) is 0 Å². The maximum absolute atomic E-state index is 12.5. The van der Waals surface area contributed by atoms with Crippen LogP contribution >= 0.6 is 11.8 Å². The van der Waals surface area contributed by atoms with Crippen molar-refractivity contribution in [2.45, 2.75) is 51.5 Å². The second-order valence-electron chi connectivity index (χ2n) is 7.71. The Balaban J connectivity index is 1.60. The Morgan fingerprint density at radius 2 is 1.96 bits per heavy atom. The van der Waals surface area contributed by atoms with Crippen molar-refractivity contribution in [3.8, 4) is 5.75 Å². The van der Waals surface area contributed by atoms with Gasteiger partial charge >= 0.3 is 0 Å². The van der Waals surface area contributed by atoms with E-state index in [-0.39, 0.29) is 17.6 Å². The number of amides is 1. The lowest BCUT2D eigenvalue weighted by Gasteiger charge is -2.38. The normalized spacial score (nSPS) is 17.9. The summed E-state index contributed by atoms with van der Waals surface area (Å²) in [5, 5.41) is 3.21. The fourth-order valence-corrected chi connectivity index (χ4v) is 4.17. The standard InChI is InChI=1S/C22H27NO2S/c1-15-6-5-7-17(10-15)13-26-14-21(24)23-19-12-22(3,4)25-20-11-16(2)8-9-18(19)20/h5-11,19H,12-14H2,1-4H3,(H,23,24)/t19-/m0/s1. The smallest absolute Gasteiger partial charge is 0.230 e. The maximum Gasteiger partial charge on any atom is 0.230 e. The van der Waals surface area contributed by atoms with Gasteiger partial charge < -0.3 is 10.1 Å². The van der Waals surface area contributed by atoms with Crippen LogP contribution in [-0.2, 0) is 10.5 Å². The molecular formula is C22H27NO2S. The van der Waals surface area contributed by atoms with Crippen LogP contribution in [0.4, 0.5) is 0 Å². The monoisotopic (exact) mass is 369 g/mol. The molecule has 3 nitrogen and oxygen atoms in total. The molecule has 0 fully saturated rings. The van der Waals surface area contributed by atoms with Crippen molar-refractivity contribution in [2.24, 2.45) is 0 Å². The number of hydrogen-bond donors (Lipinski definition) is 1. The molecule has 138 valence electrons. The first-order valence-electron chi connectivity index (χ1n) is 9.05. The van der Waals surface area contributed by atoms with E-state index in [0.717, 1.165) is 23.5 Å². The highest BCUT2D eigenvalue weighted by Gasteiger charge is 2.34. The zero-order chi connectivity index (χ0) is 18.7. The minimum absolute atomic E-state index is 0.00131. The van der Waals surface area contributed by atoms with Gasteiger partial charge in [-0.25, -0.2) is 0 Å². The molecule has 3 rings (SSSR count). The van der Waals surface area contributed by atoms with Crippen LogP contribution < -0.4 is 10.1 Å². The maximum atomic E-state index is 12.5. The minimum atomic E-state index is -0.284. The molecule has 0 aliphatic carbocycles. The van der Waals surface area contributed by atoms with Crippen molar-refractivity contribution in [3.63, 3.8) is 0 Å². The largest absolute Gasteiger partial charge is 0.487 e. The lowest BCUT2D eigenvalue weighted by Crippen LogP contribution is -2.41. The Bertz CT molecular complexity index is 800. The van der Waals surface area contributed by atoms with Gasteiger partial charge in [-0.2, -0.15) is 0 Å². The van der Waals surface area contributed by atoms with E-state index in [4.69, 9.17) is 4.74 Å². The third-order valence-electron chi connectivity index (χ3n) is 4.55. The summed E-state index contributed by atoms with van der Waals surface area (Å²) in [4.78, 5) is 12.5. The Morgan fingerprint density at radius 3 is 2.73 bits per heavy atom. The molecule has 1 heterocycles. The van der Waals surface area contributed by atoms with Crippen LogP contribution in [0.3, 0.4) is 0 Å². The topological polar surface area (TPSA) is 38.3 Å². The molecule has 1 N–H and O–H groups in total. The lowest BCUT2D eigenvalue weighted by molar-refractivity contribution is -0.119. The van der Waals surface area contributed by atoms with Gasteiger partial charge in [0.15, 0.2) is 0 Å². The van der Waals surface area contributed by atoms with Crippen LogP contribution in [0.2, 0.25) is 0 Å². The van der Waals surface area contributed by atoms with Gasteiger partial charge in [-0.1, -0.05) is 42.0 Å². The summed E-state index contributed by atoms with van der Waals surface area (Å²) in [5.41, 5.74) is 4.47. The highest BCUT2D eigenvalue weighted by atomic mass is 32.2. The molecule has 2 aromatic rings. The number of carbonyl (C=O) groups excluding carboxylic acids is 1. The minimum Gasteiger partial charge on any atom is -0.487 e. The lowest BCUT2D eigenvalue weighted by atomic mass is 9.89. The van der Waals surface area contributed by atoms with E-state index in [1.54, 1.807) is 11.8 Å². The summed E-state index contributed by atoms with van der Waals surface area (Å²) < 4.78 is 6.11. The van der Waals surface area contributed by atoms with E-state index >= 15 is 0 Å². The third kappa shape index (κ3) is 4.82. The molecule has 2 aromatic carbocycles. The van der Waals surface area contributed by atoms with Crippen LogP contribution in [0, 0.1) is 13.8 Å². The Morgan fingerprint density at radius 1 is 1.19 bits per heavy atom. The predicted molar refractivity (Wildman–Crippen MR) is 109 cm³/mol. The number of rotatable bonds is 5. The van der Waals surface area contributed by atoms with Crippen LogP contribution in [0.15, 0.2) is 42.5 Å². The average molecular weight is 370 g/mol. The van der Waals surface area contributed by atoms with Gasteiger partial charge in [0.25, 0.3) is 0 Å². The molecule has 4 heteroatoms. The van der Waals surface area contributed by atoms with Gasteiger partial charge in [0, 0.05) is 17.7 Å². The summed E-state index contributed by atoms with van der Waals surface area (Å²) in [6.07, 6.45) is 0.775. The van der Waals surface area contributed by atoms with Gasteiger partial charge in [0.1, 0.15) is 11.4 Å². The first-order valence-corrected chi connectivity index (χ1v) is 10.2. The first kappa shape index (κ1) is 18.8. The first-order chi connectivity index (χ1) is 12.3. The quantitative estimate of drug-likeness (QED) is 0.810. The second kappa shape index (κ2) is 7.75. The number of benzene rings is 2. The van der Waals surface area contributed by atoms with Gasteiger partial charge in [-0.3, -0.25) is 4.79 Å². The molecule has 1 aliphatic rings. The van der Waals surface area contributed by atoms with E-state index in [9.17, 15) is 4.79 Å². The van der Waals surface area contributed by atoms with Gasteiger partial charge in [-0.05, 0) is 44.9 Å². The molecule has 0 unspecified atom stereocenters. The summed E-state index contributed by atoms with van der Waals surface area (Å²) >= 11 is 1.65. The molecule has 0 spiro atoms. The number of hydrogen-bond acceptors (Lipinski definition) is 3. The molecule has 0 bridgehead atoms. The van der Waals surface area contributed by atoms with Crippen molar-refractivity contribution in [1.29, 1.82) is 0 Å². The summed E-state index contributed by atoms with van der Waals surface area (Å²) in [7, 11) is 0. The SMILES string of the molecule is Cc1cccc(CSCC(=O)N[C@H]2CC(C)(C)Oc3cc(C)ccc32)c1. The fourth-order valence-electron chi connectivity index (χ4n) is 3.39. The molecular weight excluding hydrogens is 342 g/mol. The second-order valence-corrected chi connectivity index (χ2v) is 8.69. The highest BCUT2D eigenvalue weighted by Crippen LogP contribution is 2.39. The van der Waals surface area contributed by atoms with E-state index in [2.05, 4.69) is 75.5 Å². The molecule has 26 heavy (non-hydrogen) atoms. The fraction of sp³-hybridized carbons (Fsp3) is 0.409. The molecule has 0 saturated carbocycles. The van der Waals surface area contributed by atoms with Crippen LogP contribution in [0.5, 0.6) is 5.75 Å². The molecule has 0 saturated heterocycles. The van der Waals surface area contributed by atoms with Crippen molar-refractivity contribution in [2.75, 3.05) is 5.75 Å². The molecule has 1 aliphatic heterocycles. The average Bonchev–Trinajstić information content (AvgIpc) is 2.53. The van der Waals surface area contributed by atoms with Crippen LogP contribution in [0.1, 0.15) is 48.6 Å². The Kier molecular flexibility index (Phi) is 5.61. The number of ether oxygens (including phenoxy) is 1. The van der Waals surface area contributed by atoms with Crippen molar-refractivity contribution < 1.29 is 9.53 Å². The molecule has 0 radical (unpaired) electrons. The zero-order valence-electron chi connectivity index (χ0n) is 16.0. The van der Waals surface area contributed by atoms with E-state index in [1.807, 2.05) is 0 Å².